The molecule has 4 rings (SSSR count). The highest BCUT2D eigenvalue weighted by molar-refractivity contribution is 6.04. The number of fused-ring (bicyclic) bond motifs is 1. The van der Waals surface area contributed by atoms with Crippen molar-refractivity contribution < 1.29 is 9.13 Å². The third kappa shape index (κ3) is 3.46. The van der Waals surface area contributed by atoms with Crippen LogP contribution in [0.1, 0.15) is 31.0 Å². The summed E-state index contributed by atoms with van der Waals surface area (Å²) in [5.74, 6) is 0.416. The van der Waals surface area contributed by atoms with E-state index in [9.17, 15) is 4.39 Å². The summed E-state index contributed by atoms with van der Waals surface area (Å²) in [4.78, 5) is 9.39. The van der Waals surface area contributed by atoms with Gasteiger partial charge >= 0.3 is 0 Å². The van der Waals surface area contributed by atoms with Gasteiger partial charge in [0.05, 0.1) is 18.5 Å². The number of allylic oxidation sites excluding steroid dienone is 2. The monoisotopic (exact) mass is 372 g/mol. The second-order valence-corrected chi connectivity index (χ2v) is 6.65. The number of nitrogens with zero attached hydrogens (tertiary/aromatic N) is 2. The molecule has 2 heterocycles. The first-order valence-electron chi connectivity index (χ1n) is 9.36. The Hall–Kier alpha value is -3.27. The molecule has 140 valence electrons. The minimum absolute atomic E-state index is 0.256. The van der Waals surface area contributed by atoms with E-state index in [1.54, 1.807) is 19.4 Å². The van der Waals surface area contributed by atoms with Crippen molar-refractivity contribution in [1.82, 2.24) is 4.98 Å². The van der Waals surface area contributed by atoms with E-state index < -0.39 is 0 Å². The van der Waals surface area contributed by atoms with Crippen LogP contribution in [0.2, 0.25) is 0 Å². The van der Waals surface area contributed by atoms with Gasteiger partial charge in [0, 0.05) is 18.2 Å². The molecule has 1 aromatic heterocycles. The van der Waals surface area contributed by atoms with Crippen molar-refractivity contribution in [2.45, 2.75) is 19.8 Å². The third-order valence-electron chi connectivity index (χ3n) is 4.93. The SMILES string of the molecule is CCC1=CCC(c2ccccn2)=Nc2c(OC)cc(-c3cccc(F)c3)cc21. The Morgan fingerprint density at radius 3 is 2.64 bits per heavy atom. The minimum Gasteiger partial charge on any atom is -0.494 e. The van der Waals surface area contributed by atoms with Gasteiger partial charge < -0.3 is 4.74 Å². The van der Waals surface area contributed by atoms with Crippen LogP contribution in [-0.4, -0.2) is 17.8 Å². The van der Waals surface area contributed by atoms with Crippen molar-refractivity contribution in [1.29, 1.82) is 0 Å². The summed E-state index contributed by atoms with van der Waals surface area (Å²) < 4.78 is 19.4. The van der Waals surface area contributed by atoms with Gasteiger partial charge in [-0.15, -0.1) is 0 Å². The molecule has 4 heteroatoms. The molecular formula is C24H21FN2O. The Morgan fingerprint density at radius 1 is 1.04 bits per heavy atom. The van der Waals surface area contributed by atoms with Gasteiger partial charge in [0.25, 0.3) is 0 Å². The molecule has 0 N–H and O–H groups in total. The van der Waals surface area contributed by atoms with Gasteiger partial charge in [-0.3, -0.25) is 4.98 Å². The molecule has 0 saturated heterocycles. The Labute approximate surface area is 164 Å². The maximum absolute atomic E-state index is 13.7. The fourth-order valence-corrected chi connectivity index (χ4v) is 3.50. The number of aliphatic imine (C=N–C) groups is 1. The fourth-order valence-electron chi connectivity index (χ4n) is 3.50. The highest BCUT2D eigenvalue weighted by Crippen LogP contribution is 2.42. The standard InChI is InChI=1S/C24H21FN2O/c1-3-16-10-11-22(21-9-4-5-12-26-21)27-24-20(16)14-18(15-23(24)28-2)17-7-6-8-19(25)13-17/h4-10,12-15H,3,11H2,1-2H3. The normalized spacial score (nSPS) is 13.2. The molecule has 0 radical (unpaired) electrons. The van der Waals surface area contributed by atoms with Gasteiger partial charge in [0.15, 0.2) is 0 Å². The van der Waals surface area contributed by atoms with Crippen LogP contribution in [0.4, 0.5) is 10.1 Å². The van der Waals surface area contributed by atoms with Gasteiger partial charge in [0.2, 0.25) is 0 Å². The molecule has 0 spiro atoms. The third-order valence-corrected chi connectivity index (χ3v) is 4.93. The number of halogens is 1. The number of aromatic nitrogens is 1. The zero-order valence-corrected chi connectivity index (χ0v) is 15.9. The smallest absolute Gasteiger partial charge is 0.145 e. The molecular weight excluding hydrogens is 351 g/mol. The van der Waals surface area contributed by atoms with Gasteiger partial charge in [0.1, 0.15) is 17.3 Å². The molecule has 2 aromatic carbocycles. The summed E-state index contributed by atoms with van der Waals surface area (Å²) in [6.45, 7) is 2.13. The summed E-state index contributed by atoms with van der Waals surface area (Å²) in [5.41, 5.74) is 6.50. The quantitative estimate of drug-likeness (QED) is 0.545. The van der Waals surface area contributed by atoms with Gasteiger partial charge in [-0.25, -0.2) is 9.38 Å². The van der Waals surface area contributed by atoms with Crippen LogP contribution in [0.15, 0.2) is 71.9 Å². The van der Waals surface area contributed by atoms with Gasteiger partial charge in [-0.05, 0) is 59.5 Å². The van der Waals surface area contributed by atoms with Crippen LogP contribution in [0, 0.1) is 5.82 Å². The number of ether oxygens (including phenoxy) is 1. The number of pyridine rings is 1. The molecule has 3 nitrogen and oxygen atoms in total. The van der Waals surface area contributed by atoms with Crippen LogP contribution in [0.25, 0.3) is 16.7 Å². The summed E-state index contributed by atoms with van der Waals surface area (Å²) in [5, 5.41) is 0. The summed E-state index contributed by atoms with van der Waals surface area (Å²) >= 11 is 0. The molecule has 0 unspecified atom stereocenters. The molecule has 0 atom stereocenters. The highest BCUT2D eigenvalue weighted by Gasteiger charge is 2.19. The van der Waals surface area contributed by atoms with Crippen molar-refractivity contribution >= 4 is 17.0 Å². The van der Waals surface area contributed by atoms with Crippen molar-refractivity contribution in [2.24, 2.45) is 4.99 Å². The molecule has 1 aliphatic heterocycles. The van der Waals surface area contributed by atoms with Crippen LogP contribution in [0.3, 0.4) is 0 Å². The fraction of sp³-hybridized carbons (Fsp3) is 0.167. The van der Waals surface area contributed by atoms with Crippen LogP contribution in [-0.2, 0) is 0 Å². The van der Waals surface area contributed by atoms with Crippen molar-refractivity contribution in [3.05, 3.63) is 83.9 Å². The maximum atomic E-state index is 13.7. The van der Waals surface area contributed by atoms with E-state index in [1.165, 1.54) is 17.7 Å². The number of rotatable bonds is 4. The zero-order valence-electron chi connectivity index (χ0n) is 15.9. The Balaban J connectivity index is 1.92. The highest BCUT2D eigenvalue weighted by atomic mass is 19.1. The molecule has 0 fully saturated rings. The summed E-state index contributed by atoms with van der Waals surface area (Å²) in [7, 11) is 1.64. The molecule has 0 saturated carbocycles. The first-order valence-corrected chi connectivity index (χ1v) is 9.36. The average Bonchev–Trinajstić information content (AvgIpc) is 2.93. The van der Waals surface area contributed by atoms with Gasteiger partial charge in [-0.1, -0.05) is 31.2 Å². The predicted octanol–water partition coefficient (Wildman–Crippen LogP) is 6.21. The van der Waals surface area contributed by atoms with Crippen LogP contribution in [0.5, 0.6) is 5.75 Å². The topological polar surface area (TPSA) is 34.5 Å². The lowest BCUT2D eigenvalue weighted by Gasteiger charge is -2.15. The number of hydrogen-bond donors (Lipinski definition) is 0. The van der Waals surface area contributed by atoms with Gasteiger partial charge in [-0.2, -0.15) is 0 Å². The molecule has 0 amide bonds. The molecule has 1 aliphatic rings. The van der Waals surface area contributed by atoms with Crippen molar-refractivity contribution in [3.8, 4) is 16.9 Å². The van der Waals surface area contributed by atoms with Crippen LogP contribution >= 0.6 is 0 Å². The largest absolute Gasteiger partial charge is 0.494 e. The minimum atomic E-state index is -0.256. The first-order chi connectivity index (χ1) is 13.7. The Bertz CT molecular complexity index is 1070. The van der Waals surface area contributed by atoms with E-state index in [0.717, 1.165) is 40.2 Å². The summed E-state index contributed by atoms with van der Waals surface area (Å²) in [6.07, 6.45) is 5.55. The Morgan fingerprint density at radius 2 is 1.93 bits per heavy atom. The van der Waals surface area contributed by atoms with E-state index in [0.29, 0.717) is 12.2 Å². The summed E-state index contributed by atoms with van der Waals surface area (Å²) in [6, 6.07) is 16.4. The molecule has 0 aliphatic carbocycles. The van der Waals surface area contributed by atoms with E-state index in [4.69, 9.17) is 9.73 Å². The first kappa shape index (κ1) is 18.1. The maximum Gasteiger partial charge on any atom is 0.145 e. The zero-order chi connectivity index (χ0) is 19.5. The lowest BCUT2D eigenvalue weighted by molar-refractivity contribution is 0.416. The lowest BCUT2D eigenvalue weighted by atomic mass is 9.95. The lowest BCUT2D eigenvalue weighted by Crippen LogP contribution is -2.01. The van der Waals surface area contributed by atoms with Crippen molar-refractivity contribution in [2.75, 3.05) is 7.11 Å². The van der Waals surface area contributed by atoms with E-state index in [1.807, 2.05) is 30.3 Å². The predicted molar refractivity (Wildman–Crippen MR) is 112 cm³/mol. The molecule has 0 bridgehead atoms. The molecule has 28 heavy (non-hydrogen) atoms. The number of benzene rings is 2. The van der Waals surface area contributed by atoms with Crippen molar-refractivity contribution in [3.63, 3.8) is 0 Å². The van der Waals surface area contributed by atoms with E-state index in [-0.39, 0.29) is 5.82 Å². The average molecular weight is 372 g/mol. The van der Waals surface area contributed by atoms with E-state index in [2.05, 4.69) is 24.1 Å². The number of methoxy groups -OCH3 is 1. The van der Waals surface area contributed by atoms with E-state index >= 15 is 0 Å². The Kier molecular flexibility index (Phi) is 5.02. The second kappa shape index (κ2) is 7.77. The number of hydrogen-bond acceptors (Lipinski definition) is 3. The second-order valence-electron chi connectivity index (χ2n) is 6.65. The van der Waals surface area contributed by atoms with Crippen LogP contribution < -0.4 is 4.74 Å². The molecule has 3 aromatic rings.